The minimum atomic E-state index is -0.604. The molecule has 0 heterocycles. The van der Waals surface area contributed by atoms with Gasteiger partial charge in [-0.1, -0.05) is 30.3 Å². The molecule has 0 aliphatic rings. The van der Waals surface area contributed by atoms with Crippen molar-refractivity contribution < 1.29 is 9.90 Å². The summed E-state index contributed by atoms with van der Waals surface area (Å²) in [5, 5.41) is 16.7. The molecule has 0 aliphatic heterocycles. The maximum atomic E-state index is 11.1. The molecule has 0 bridgehead atoms. The van der Waals surface area contributed by atoms with Gasteiger partial charge in [-0.2, -0.15) is 5.10 Å². The van der Waals surface area contributed by atoms with Gasteiger partial charge in [-0.05, 0) is 5.56 Å². The lowest BCUT2D eigenvalue weighted by molar-refractivity contribution is 0.209. The molecule has 0 saturated carbocycles. The van der Waals surface area contributed by atoms with E-state index in [0.717, 1.165) is 5.56 Å². The monoisotopic (exact) mass is 250 g/mol. The van der Waals surface area contributed by atoms with Gasteiger partial charge < -0.3 is 16.2 Å². The average molecular weight is 250 g/mol. The molecule has 0 unspecified atom stereocenters. The summed E-state index contributed by atoms with van der Waals surface area (Å²) < 4.78 is 0. The molecule has 6 nitrogen and oxygen atoms in total. The highest BCUT2D eigenvalue weighted by Crippen LogP contribution is 1.96. The number of aliphatic hydroxyl groups excluding tert-OH is 1. The highest BCUT2D eigenvalue weighted by atomic mass is 16.3. The number of urea groups is 1. The fraction of sp³-hybridized carbons (Fsp3) is 0.333. The third kappa shape index (κ3) is 5.42. The van der Waals surface area contributed by atoms with Gasteiger partial charge in [0.1, 0.15) is 0 Å². The molecule has 0 aromatic heterocycles. The summed E-state index contributed by atoms with van der Waals surface area (Å²) in [4.78, 5) is 11.1. The molecule has 0 radical (unpaired) electrons. The van der Waals surface area contributed by atoms with Gasteiger partial charge in [0, 0.05) is 13.1 Å². The van der Waals surface area contributed by atoms with Crippen LogP contribution in [0.4, 0.5) is 4.79 Å². The smallest absolute Gasteiger partial charge is 0.335 e. The Morgan fingerprint density at radius 2 is 2.11 bits per heavy atom. The van der Waals surface area contributed by atoms with E-state index >= 15 is 0 Å². The Morgan fingerprint density at radius 1 is 1.39 bits per heavy atom. The lowest BCUT2D eigenvalue weighted by Gasteiger charge is -2.14. The van der Waals surface area contributed by atoms with Crippen LogP contribution in [0.1, 0.15) is 5.56 Å². The van der Waals surface area contributed by atoms with Crippen LogP contribution in [0.25, 0.3) is 0 Å². The number of nitrogens with two attached hydrogens (primary N) is 1. The molecule has 4 N–H and O–H groups in total. The molecule has 0 fully saturated rings. The Kier molecular flexibility index (Phi) is 6.45. The van der Waals surface area contributed by atoms with Crippen molar-refractivity contribution in [1.82, 2.24) is 10.3 Å². The predicted octanol–water partition coefficient (Wildman–Crippen LogP) is -0.0169. The zero-order chi connectivity index (χ0) is 13.2. The second-order valence-corrected chi connectivity index (χ2v) is 3.59. The van der Waals surface area contributed by atoms with Gasteiger partial charge in [0.2, 0.25) is 0 Å². The molecular weight excluding hydrogens is 232 g/mol. The van der Waals surface area contributed by atoms with E-state index in [2.05, 4.69) is 10.4 Å². The quantitative estimate of drug-likeness (QED) is 0.361. The highest BCUT2D eigenvalue weighted by Gasteiger charge is 2.05. The van der Waals surface area contributed by atoms with Crippen LogP contribution in [0.3, 0.4) is 0 Å². The zero-order valence-electron chi connectivity index (χ0n) is 10.1. The molecule has 1 aromatic carbocycles. The first-order valence-electron chi connectivity index (χ1n) is 5.71. The number of nitrogens with one attached hydrogen (secondary N) is 1. The molecule has 1 aromatic rings. The number of carbonyl (C=O) groups excluding carboxylic acids is 1. The zero-order valence-corrected chi connectivity index (χ0v) is 10.1. The van der Waals surface area contributed by atoms with Crippen molar-refractivity contribution in [1.29, 1.82) is 0 Å². The first-order valence-corrected chi connectivity index (χ1v) is 5.71. The van der Waals surface area contributed by atoms with Crippen molar-refractivity contribution in [2.45, 2.75) is 0 Å². The SMILES string of the molecule is NC(=O)N(CCNCCO)/N=C\c1ccccc1. The van der Waals surface area contributed by atoms with Crippen LogP contribution < -0.4 is 11.1 Å². The van der Waals surface area contributed by atoms with E-state index in [1.807, 2.05) is 30.3 Å². The number of carbonyl (C=O) groups is 1. The summed E-state index contributed by atoms with van der Waals surface area (Å²) in [7, 11) is 0. The number of rotatable bonds is 7. The number of hydrazone groups is 1. The van der Waals surface area contributed by atoms with Crippen LogP contribution in [-0.4, -0.2) is 48.6 Å². The number of aliphatic hydroxyl groups is 1. The number of benzene rings is 1. The van der Waals surface area contributed by atoms with Gasteiger partial charge in [0.05, 0.1) is 19.4 Å². The standard InChI is InChI=1S/C12H18N4O2/c13-12(18)16(8-6-14-7-9-17)15-10-11-4-2-1-3-5-11/h1-5,10,14,17H,6-9H2,(H2,13,18)/b15-10-. The fourth-order valence-corrected chi connectivity index (χ4v) is 1.29. The third-order valence-electron chi connectivity index (χ3n) is 2.19. The van der Waals surface area contributed by atoms with Gasteiger partial charge in [0.25, 0.3) is 0 Å². The van der Waals surface area contributed by atoms with Crippen LogP contribution in [0, 0.1) is 0 Å². The topological polar surface area (TPSA) is 91.0 Å². The first kappa shape index (κ1) is 14.1. The van der Waals surface area contributed by atoms with Gasteiger partial charge in [-0.25, -0.2) is 9.80 Å². The van der Waals surface area contributed by atoms with Crippen molar-refractivity contribution in [2.24, 2.45) is 10.8 Å². The summed E-state index contributed by atoms with van der Waals surface area (Å²) in [5.74, 6) is 0. The second kappa shape index (κ2) is 8.21. The summed E-state index contributed by atoms with van der Waals surface area (Å²) in [5.41, 5.74) is 6.11. The Hall–Kier alpha value is -1.92. The van der Waals surface area contributed by atoms with Crippen LogP contribution in [0.5, 0.6) is 0 Å². The largest absolute Gasteiger partial charge is 0.395 e. The van der Waals surface area contributed by atoms with Gasteiger partial charge in [-0.15, -0.1) is 0 Å². The van der Waals surface area contributed by atoms with Crippen LogP contribution in [0.15, 0.2) is 35.4 Å². The molecule has 18 heavy (non-hydrogen) atoms. The summed E-state index contributed by atoms with van der Waals surface area (Å²) >= 11 is 0. The van der Waals surface area contributed by atoms with Crippen molar-refractivity contribution in [2.75, 3.05) is 26.2 Å². The molecule has 1 rings (SSSR count). The third-order valence-corrected chi connectivity index (χ3v) is 2.19. The normalized spacial score (nSPS) is 10.7. The van der Waals surface area contributed by atoms with Crippen molar-refractivity contribution in [3.8, 4) is 0 Å². The van der Waals surface area contributed by atoms with E-state index in [-0.39, 0.29) is 6.61 Å². The highest BCUT2D eigenvalue weighted by molar-refractivity contribution is 5.81. The number of nitrogens with zero attached hydrogens (tertiary/aromatic N) is 2. The summed E-state index contributed by atoms with van der Waals surface area (Å²) in [6.07, 6.45) is 1.58. The predicted molar refractivity (Wildman–Crippen MR) is 70.3 cm³/mol. The van der Waals surface area contributed by atoms with E-state index in [4.69, 9.17) is 10.8 Å². The van der Waals surface area contributed by atoms with Gasteiger partial charge >= 0.3 is 6.03 Å². The maximum absolute atomic E-state index is 11.1. The van der Waals surface area contributed by atoms with Crippen molar-refractivity contribution >= 4 is 12.2 Å². The Labute approximate surface area is 106 Å². The molecule has 98 valence electrons. The summed E-state index contributed by atoms with van der Waals surface area (Å²) in [6, 6.07) is 8.84. The minimum Gasteiger partial charge on any atom is -0.395 e. The average Bonchev–Trinajstić information content (AvgIpc) is 2.38. The number of primary amides is 1. The first-order chi connectivity index (χ1) is 8.74. The minimum absolute atomic E-state index is 0.0594. The number of hydrogen-bond acceptors (Lipinski definition) is 4. The Balaban J connectivity index is 2.47. The number of amides is 2. The van der Waals surface area contributed by atoms with Gasteiger partial charge in [-0.3, -0.25) is 0 Å². The fourth-order valence-electron chi connectivity index (χ4n) is 1.29. The van der Waals surface area contributed by atoms with Crippen LogP contribution in [0.2, 0.25) is 0 Å². The molecule has 0 atom stereocenters. The molecule has 0 aliphatic carbocycles. The Bertz CT molecular complexity index is 381. The van der Waals surface area contributed by atoms with Crippen LogP contribution >= 0.6 is 0 Å². The van der Waals surface area contributed by atoms with Crippen molar-refractivity contribution in [3.05, 3.63) is 35.9 Å². The number of hydrogen-bond donors (Lipinski definition) is 3. The van der Waals surface area contributed by atoms with E-state index < -0.39 is 6.03 Å². The lowest BCUT2D eigenvalue weighted by Crippen LogP contribution is -2.37. The molecule has 0 spiro atoms. The molecular formula is C12H18N4O2. The molecule has 2 amide bonds. The van der Waals surface area contributed by atoms with Crippen LogP contribution in [-0.2, 0) is 0 Å². The Morgan fingerprint density at radius 3 is 2.72 bits per heavy atom. The van der Waals surface area contributed by atoms with Crippen molar-refractivity contribution in [3.63, 3.8) is 0 Å². The van der Waals surface area contributed by atoms with E-state index in [1.165, 1.54) is 5.01 Å². The lowest BCUT2D eigenvalue weighted by atomic mass is 10.2. The maximum Gasteiger partial charge on any atom is 0.335 e. The van der Waals surface area contributed by atoms with E-state index in [9.17, 15) is 4.79 Å². The van der Waals surface area contributed by atoms with Gasteiger partial charge in [0.15, 0.2) is 0 Å². The summed E-state index contributed by atoms with van der Waals surface area (Å²) in [6.45, 7) is 1.42. The molecule has 6 heteroatoms. The van der Waals surface area contributed by atoms with E-state index in [1.54, 1.807) is 6.21 Å². The second-order valence-electron chi connectivity index (χ2n) is 3.59. The molecule has 0 saturated heterocycles. The van der Waals surface area contributed by atoms with E-state index in [0.29, 0.717) is 19.6 Å².